The van der Waals surface area contributed by atoms with E-state index in [0.29, 0.717) is 12.1 Å². The molecule has 0 bridgehead atoms. The van der Waals surface area contributed by atoms with Gasteiger partial charge in [0.05, 0.1) is 6.10 Å². The Morgan fingerprint density at radius 2 is 2.21 bits per heavy atom. The minimum atomic E-state index is -0.0351. The summed E-state index contributed by atoms with van der Waals surface area (Å²) in [5.74, 6) is -0.0351. The van der Waals surface area contributed by atoms with Crippen molar-refractivity contribution in [3.63, 3.8) is 0 Å². The molecule has 0 radical (unpaired) electrons. The summed E-state index contributed by atoms with van der Waals surface area (Å²) in [6.45, 7) is 5.24. The number of amides is 1. The second-order valence-corrected chi connectivity index (χ2v) is 5.12. The number of anilines is 1. The summed E-state index contributed by atoms with van der Waals surface area (Å²) in [4.78, 5) is 11.2. The molecule has 2 unspecified atom stereocenters. The van der Waals surface area contributed by atoms with Crippen LogP contribution >= 0.6 is 0 Å². The number of rotatable bonds is 4. The number of hydrogen-bond acceptors (Lipinski definition) is 3. The van der Waals surface area contributed by atoms with E-state index in [2.05, 4.69) is 17.6 Å². The van der Waals surface area contributed by atoms with Gasteiger partial charge in [0.2, 0.25) is 5.91 Å². The third-order valence-electron chi connectivity index (χ3n) is 3.39. The number of ether oxygens (including phenoxy) is 1. The van der Waals surface area contributed by atoms with Crippen LogP contribution in [0.25, 0.3) is 0 Å². The molecule has 19 heavy (non-hydrogen) atoms. The summed E-state index contributed by atoms with van der Waals surface area (Å²) in [6.07, 6.45) is 2.42. The maximum atomic E-state index is 11.2. The van der Waals surface area contributed by atoms with Gasteiger partial charge in [-0.1, -0.05) is 18.2 Å². The first-order chi connectivity index (χ1) is 9.15. The van der Waals surface area contributed by atoms with E-state index in [1.807, 2.05) is 24.3 Å². The van der Waals surface area contributed by atoms with Gasteiger partial charge in [0.25, 0.3) is 0 Å². The van der Waals surface area contributed by atoms with Crippen LogP contribution in [0.4, 0.5) is 5.69 Å². The molecular weight excluding hydrogens is 240 g/mol. The summed E-state index contributed by atoms with van der Waals surface area (Å²) in [7, 11) is 0. The summed E-state index contributed by atoms with van der Waals surface area (Å²) in [5, 5.41) is 6.42. The van der Waals surface area contributed by atoms with Gasteiger partial charge in [0.15, 0.2) is 0 Å². The van der Waals surface area contributed by atoms with Crippen LogP contribution in [-0.4, -0.2) is 24.7 Å². The molecule has 1 aromatic carbocycles. The van der Waals surface area contributed by atoms with Crippen molar-refractivity contribution in [3.8, 4) is 0 Å². The second kappa shape index (κ2) is 6.68. The van der Waals surface area contributed by atoms with Crippen molar-refractivity contribution < 1.29 is 9.53 Å². The zero-order valence-corrected chi connectivity index (χ0v) is 11.6. The Balaban J connectivity index is 1.93. The molecule has 0 spiro atoms. The average molecular weight is 262 g/mol. The predicted molar refractivity (Wildman–Crippen MR) is 76.0 cm³/mol. The van der Waals surface area contributed by atoms with Crippen LogP contribution in [0.3, 0.4) is 0 Å². The molecule has 4 heteroatoms. The molecule has 2 rings (SSSR count). The molecule has 1 amide bonds. The Hall–Kier alpha value is -1.39. The average Bonchev–Trinajstić information content (AvgIpc) is 2.37. The van der Waals surface area contributed by atoms with Crippen LogP contribution < -0.4 is 10.6 Å². The molecule has 0 aromatic heterocycles. The van der Waals surface area contributed by atoms with Gasteiger partial charge in [-0.05, 0) is 31.4 Å². The van der Waals surface area contributed by atoms with Gasteiger partial charge >= 0.3 is 0 Å². The van der Waals surface area contributed by atoms with Gasteiger partial charge in [-0.25, -0.2) is 0 Å². The molecule has 1 heterocycles. The van der Waals surface area contributed by atoms with E-state index in [1.165, 1.54) is 6.92 Å². The quantitative estimate of drug-likeness (QED) is 0.875. The highest BCUT2D eigenvalue weighted by atomic mass is 16.5. The van der Waals surface area contributed by atoms with Crippen molar-refractivity contribution in [1.29, 1.82) is 0 Å². The molecular formula is C15H22N2O2. The third-order valence-corrected chi connectivity index (χ3v) is 3.39. The van der Waals surface area contributed by atoms with Gasteiger partial charge < -0.3 is 15.4 Å². The Morgan fingerprint density at radius 1 is 1.42 bits per heavy atom. The Bertz CT molecular complexity index is 434. The maximum absolute atomic E-state index is 11.2. The highest BCUT2D eigenvalue weighted by molar-refractivity contribution is 5.89. The molecule has 0 saturated carbocycles. The van der Waals surface area contributed by atoms with Crippen molar-refractivity contribution in [2.24, 2.45) is 0 Å². The molecule has 1 aromatic rings. The maximum Gasteiger partial charge on any atom is 0.221 e. The summed E-state index contributed by atoms with van der Waals surface area (Å²) in [5.41, 5.74) is 2.01. The van der Waals surface area contributed by atoms with Gasteiger partial charge in [0, 0.05) is 31.8 Å². The normalized spacial score (nSPS) is 23.1. The summed E-state index contributed by atoms with van der Waals surface area (Å²) >= 11 is 0. The fourth-order valence-corrected chi connectivity index (χ4v) is 2.42. The van der Waals surface area contributed by atoms with Crippen molar-refractivity contribution in [2.75, 3.05) is 11.9 Å². The molecule has 1 aliphatic rings. The first kappa shape index (κ1) is 14.0. The highest BCUT2D eigenvalue weighted by Crippen LogP contribution is 2.17. The molecule has 2 N–H and O–H groups in total. The van der Waals surface area contributed by atoms with E-state index in [9.17, 15) is 4.79 Å². The lowest BCUT2D eigenvalue weighted by molar-refractivity contribution is -0.114. The van der Waals surface area contributed by atoms with E-state index in [4.69, 9.17) is 4.74 Å². The van der Waals surface area contributed by atoms with Crippen LogP contribution in [0.1, 0.15) is 32.3 Å². The zero-order valence-electron chi connectivity index (χ0n) is 11.6. The molecule has 1 fully saturated rings. The fourth-order valence-electron chi connectivity index (χ4n) is 2.42. The number of carbonyl (C=O) groups is 1. The van der Waals surface area contributed by atoms with Crippen LogP contribution in [-0.2, 0) is 16.1 Å². The monoisotopic (exact) mass is 262 g/mol. The van der Waals surface area contributed by atoms with Gasteiger partial charge in [-0.3, -0.25) is 4.79 Å². The lowest BCUT2D eigenvalue weighted by atomic mass is 10.0. The van der Waals surface area contributed by atoms with Crippen molar-refractivity contribution >= 4 is 11.6 Å². The van der Waals surface area contributed by atoms with Crippen molar-refractivity contribution in [2.45, 2.75) is 45.4 Å². The number of benzene rings is 1. The summed E-state index contributed by atoms with van der Waals surface area (Å²) < 4.78 is 5.54. The van der Waals surface area contributed by atoms with E-state index in [1.54, 1.807) is 0 Å². The van der Waals surface area contributed by atoms with E-state index in [0.717, 1.165) is 37.2 Å². The van der Waals surface area contributed by atoms with Crippen LogP contribution in [0.15, 0.2) is 24.3 Å². The molecule has 4 nitrogen and oxygen atoms in total. The van der Waals surface area contributed by atoms with Gasteiger partial charge in [-0.15, -0.1) is 0 Å². The summed E-state index contributed by atoms with van der Waals surface area (Å²) in [6, 6.07) is 8.40. The minimum Gasteiger partial charge on any atom is -0.378 e. The number of nitrogens with one attached hydrogen (secondary N) is 2. The topological polar surface area (TPSA) is 50.4 Å². The Labute approximate surface area is 114 Å². The standard InChI is InChI=1S/C15H22N2O2/c1-11-9-14(7-8-19-11)16-10-13-5-3-4-6-15(13)17-12(2)18/h3-6,11,14,16H,7-10H2,1-2H3,(H,17,18). The lowest BCUT2D eigenvalue weighted by Gasteiger charge is -2.28. The second-order valence-electron chi connectivity index (χ2n) is 5.12. The SMILES string of the molecule is CC(=O)Nc1ccccc1CNC1CCOC(C)C1. The predicted octanol–water partition coefficient (Wildman–Crippen LogP) is 2.30. The largest absolute Gasteiger partial charge is 0.378 e. The van der Waals surface area contributed by atoms with Gasteiger partial charge in [0.1, 0.15) is 0 Å². The van der Waals surface area contributed by atoms with Crippen LogP contribution in [0.5, 0.6) is 0 Å². The van der Waals surface area contributed by atoms with E-state index >= 15 is 0 Å². The number of hydrogen-bond donors (Lipinski definition) is 2. The molecule has 1 aliphatic heterocycles. The fraction of sp³-hybridized carbons (Fsp3) is 0.533. The molecule has 104 valence electrons. The lowest BCUT2D eigenvalue weighted by Crippen LogP contribution is -2.37. The van der Waals surface area contributed by atoms with Crippen LogP contribution in [0.2, 0.25) is 0 Å². The Morgan fingerprint density at radius 3 is 2.95 bits per heavy atom. The first-order valence-electron chi connectivity index (χ1n) is 6.85. The third kappa shape index (κ3) is 4.33. The molecule has 0 aliphatic carbocycles. The Kier molecular flexibility index (Phi) is 4.93. The molecule has 2 atom stereocenters. The minimum absolute atomic E-state index is 0.0351. The van der Waals surface area contributed by atoms with Gasteiger partial charge in [-0.2, -0.15) is 0 Å². The smallest absolute Gasteiger partial charge is 0.221 e. The zero-order chi connectivity index (χ0) is 13.7. The first-order valence-corrected chi connectivity index (χ1v) is 6.85. The van der Waals surface area contributed by atoms with E-state index in [-0.39, 0.29) is 5.91 Å². The molecule has 1 saturated heterocycles. The highest BCUT2D eigenvalue weighted by Gasteiger charge is 2.18. The number of para-hydroxylation sites is 1. The van der Waals surface area contributed by atoms with E-state index < -0.39 is 0 Å². The van der Waals surface area contributed by atoms with Crippen molar-refractivity contribution in [1.82, 2.24) is 5.32 Å². The number of carbonyl (C=O) groups excluding carboxylic acids is 1. The van der Waals surface area contributed by atoms with Crippen LogP contribution in [0, 0.1) is 0 Å². The van der Waals surface area contributed by atoms with Crippen molar-refractivity contribution in [3.05, 3.63) is 29.8 Å².